The van der Waals surface area contributed by atoms with Crippen molar-refractivity contribution in [1.82, 2.24) is 24.6 Å². The molecule has 0 spiro atoms. The topological polar surface area (TPSA) is 142 Å². The molecule has 1 fully saturated rings. The number of fused-ring (bicyclic) bond motifs is 1. The zero-order valence-corrected chi connectivity index (χ0v) is 23.9. The van der Waals surface area contributed by atoms with Crippen molar-refractivity contribution in [2.45, 2.75) is 57.8 Å². The maximum absolute atomic E-state index is 16.0. The van der Waals surface area contributed by atoms with E-state index in [1.165, 1.54) is 17.8 Å². The number of para-hydroxylation sites is 1. The van der Waals surface area contributed by atoms with E-state index in [0.29, 0.717) is 28.6 Å². The predicted molar refractivity (Wildman–Crippen MR) is 146 cm³/mol. The molecule has 1 saturated heterocycles. The van der Waals surface area contributed by atoms with E-state index in [1.54, 1.807) is 52.1 Å². The molecule has 3 aromatic rings. The van der Waals surface area contributed by atoms with Crippen LogP contribution >= 0.6 is 6.64 Å². The fourth-order valence-corrected chi connectivity index (χ4v) is 6.58. The lowest BCUT2D eigenvalue weighted by atomic mass is 9.98. The highest BCUT2D eigenvalue weighted by Gasteiger charge is 2.55. The van der Waals surface area contributed by atoms with E-state index in [2.05, 4.69) is 25.4 Å². The Hall–Kier alpha value is -2.74. The average molecular weight is 583 g/mol. The van der Waals surface area contributed by atoms with Crippen molar-refractivity contribution >= 4 is 41.4 Å². The molecule has 1 aliphatic rings. The normalized spacial score (nSPS) is 25.3. The summed E-state index contributed by atoms with van der Waals surface area (Å²) in [4.78, 5) is 25.3. The van der Waals surface area contributed by atoms with Crippen molar-refractivity contribution in [3.05, 3.63) is 42.5 Å². The van der Waals surface area contributed by atoms with Crippen molar-refractivity contribution in [3.63, 3.8) is 0 Å². The Morgan fingerprint density at radius 3 is 2.74 bits per heavy atom. The molecule has 15 heteroatoms. The van der Waals surface area contributed by atoms with Crippen LogP contribution < -0.4 is 14.9 Å². The van der Waals surface area contributed by atoms with Crippen LogP contribution in [0.15, 0.2) is 36.7 Å². The van der Waals surface area contributed by atoms with Gasteiger partial charge in [0.25, 0.3) is 0 Å². The number of rotatable bonds is 11. The van der Waals surface area contributed by atoms with Gasteiger partial charge in [0.2, 0.25) is 0 Å². The molecule has 3 N–H and O–H groups in total. The molecule has 0 saturated carbocycles. The van der Waals surface area contributed by atoms with Gasteiger partial charge in [-0.15, -0.1) is 0 Å². The minimum Gasteiger partial charge on any atom is -0.465 e. The van der Waals surface area contributed by atoms with Crippen molar-refractivity contribution in [2.24, 2.45) is 0 Å². The molecule has 0 amide bonds. The lowest BCUT2D eigenvalue weighted by Gasteiger charge is -2.28. The van der Waals surface area contributed by atoms with E-state index in [0.717, 1.165) is 0 Å². The van der Waals surface area contributed by atoms with E-state index in [4.69, 9.17) is 30.3 Å². The molecular formula is C24H32FN6O6PS. The third-order valence-electron chi connectivity index (χ3n) is 6.11. The SMILES string of the molecule is CCOC(=O)[C@H](C)N[P@@](=S)(OC[C@H]1O[C@@H](n2cnc3c(NC)nc(C)nc32)[C@](C)(F)[C@@H]1O)Oc1ccccc1. The molecule has 1 aliphatic heterocycles. The number of benzene rings is 1. The van der Waals surface area contributed by atoms with Gasteiger partial charge in [-0.25, -0.2) is 24.4 Å². The third kappa shape index (κ3) is 6.21. The van der Waals surface area contributed by atoms with Crippen molar-refractivity contribution in [3.8, 4) is 5.75 Å². The molecule has 0 radical (unpaired) electrons. The number of aromatic nitrogens is 4. The Kier molecular flexibility index (Phi) is 8.84. The number of aliphatic hydroxyl groups is 1. The average Bonchev–Trinajstić information content (AvgIpc) is 3.40. The minimum atomic E-state index is -3.41. The van der Waals surface area contributed by atoms with Crippen LogP contribution in [0.4, 0.5) is 10.2 Å². The first-order chi connectivity index (χ1) is 18.5. The summed E-state index contributed by atoms with van der Waals surface area (Å²) in [6.07, 6.45) is -2.60. The number of ether oxygens (including phenoxy) is 2. The smallest absolute Gasteiger partial charge is 0.323 e. The lowest BCUT2D eigenvalue weighted by Crippen LogP contribution is -2.41. The summed E-state index contributed by atoms with van der Waals surface area (Å²) < 4.78 is 40.4. The van der Waals surface area contributed by atoms with Gasteiger partial charge in [0.1, 0.15) is 29.8 Å². The molecule has 6 atom stereocenters. The second-order valence-electron chi connectivity index (χ2n) is 9.12. The first kappa shape index (κ1) is 29.2. The number of nitrogens with one attached hydrogen (secondary N) is 2. The number of alkyl halides is 1. The van der Waals surface area contributed by atoms with Crippen molar-refractivity contribution in [1.29, 1.82) is 0 Å². The predicted octanol–water partition coefficient (Wildman–Crippen LogP) is 3.02. The van der Waals surface area contributed by atoms with Crippen LogP contribution in [0.2, 0.25) is 0 Å². The fraction of sp³-hybridized carbons (Fsp3) is 0.500. The van der Waals surface area contributed by atoms with Gasteiger partial charge in [-0.2, -0.15) is 0 Å². The van der Waals surface area contributed by atoms with Crippen molar-refractivity contribution < 1.29 is 32.8 Å². The van der Waals surface area contributed by atoms with Gasteiger partial charge in [0, 0.05) is 7.05 Å². The highest BCUT2D eigenvalue weighted by atomic mass is 32.5. The fourth-order valence-electron chi connectivity index (χ4n) is 4.16. The quantitative estimate of drug-likeness (QED) is 0.226. The van der Waals surface area contributed by atoms with E-state index in [-0.39, 0.29) is 13.2 Å². The first-order valence-corrected chi connectivity index (χ1v) is 15.0. The van der Waals surface area contributed by atoms with E-state index < -0.39 is 42.8 Å². The third-order valence-corrected chi connectivity index (χ3v) is 8.61. The number of carbonyl (C=O) groups excluding carboxylic acids is 1. The number of hydrogen-bond acceptors (Lipinski definition) is 11. The number of halogens is 1. The molecule has 4 rings (SSSR count). The van der Waals surface area contributed by atoms with E-state index in [9.17, 15) is 9.90 Å². The molecule has 1 aromatic carbocycles. The van der Waals surface area contributed by atoms with Gasteiger partial charge in [-0.1, -0.05) is 18.2 Å². The van der Waals surface area contributed by atoms with Gasteiger partial charge in [-0.05, 0) is 51.6 Å². The number of aliphatic hydroxyl groups excluding tert-OH is 1. The summed E-state index contributed by atoms with van der Waals surface area (Å²) >= 11 is 5.69. The monoisotopic (exact) mass is 582 g/mol. The molecule has 0 aliphatic carbocycles. The minimum absolute atomic E-state index is 0.190. The zero-order chi connectivity index (χ0) is 28.4. The molecule has 2 aromatic heterocycles. The van der Waals surface area contributed by atoms with Crippen LogP contribution in [0.1, 0.15) is 32.8 Å². The maximum Gasteiger partial charge on any atom is 0.323 e. The van der Waals surface area contributed by atoms with Gasteiger partial charge in [-0.3, -0.25) is 9.36 Å². The van der Waals surface area contributed by atoms with Gasteiger partial charge >= 0.3 is 12.6 Å². The van der Waals surface area contributed by atoms with Crippen LogP contribution in [-0.2, 0) is 30.6 Å². The summed E-state index contributed by atoms with van der Waals surface area (Å²) in [5, 5.41) is 16.8. The molecule has 212 valence electrons. The molecular weight excluding hydrogens is 550 g/mol. The number of aryl methyl sites for hydroxylation is 1. The van der Waals surface area contributed by atoms with Crippen LogP contribution in [-0.4, -0.2) is 74.8 Å². The van der Waals surface area contributed by atoms with E-state index in [1.807, 2.05) is 6.07 Å². The Labute approximate surface area is 230 Å². The van der Waals surface area contributed by atoms with Gasteiger partial charge < -0.3 is 28.9 Å². The standard InChI is InChI=1S/C24H32FN6O6PS/c1-6-34-22(33)14(2)30-38(39,37-16-10-8-7-9-11-16)35-12-17-19(32)24(4,25)23(36-17)31-13-27-18-20(26-5)28-15(3)29-21(18)31/h7-11,13-14,17,19,23,32H,6,12H2,1-5H3,(H,30,39)(H,26,28,29)/t14-,17+,19+,23+,24+,38+/m0/s1. The zero-order valence-electron chi connectivity index (χ0n) is 22.2. The summed E-state index contributed by atoms with van der Waals surface area (Å²) in [6, 6.07) is 7.84. The molecule has 39 heavy (non-hydrogen) atoms. The van der Waals surface area contributed by atoms with Crippen LogP contribution in [0.25, 0.3) is 11.2 Å². The molecule has 12 nitrogen and oxygen atoms in total. The lowest BCUT2D eigenvalue weighted by molar-refractivity contribution is -0.144. The van der Waals surface area contributed by atoms with E-state index >= 15 is 4.39 Å². The van der Waals surface area contributed by atoms with Gasteiger partial charge in [0.05, 0.1) is 19.5 Å². The molecule has 0 unspecified atom stereocenters. The summed E-state index contributed by atoms with van der Waals surface area (Å²) in [7, 11) is 1.70. The van der Waals surface area contributed by atoms with Gasteiger partial charge in [0.15, 0.2) is 28.9 Å². The summed E-state index contributed by atoms with van der Waals surface area (Å²) in [5.41, 5.74) is -1.47. The Balaban J connectivity index is 1.57. The summed E-state index contributed by atoms with van der Waals surface area (Å²) in [6.45, 7) is 2.65. The second-order valence-corrected chi connectivity index (χ2v) is 12.3. The Morgan fingerprint density at radius 2 is 2.08 bits per heavy atom. The highest BCUT2D eigenvalue weighted by Crippen LogP contribution is 2.48. The first-order valence-electron chi connectivity index (χ1n) is 12.3. The number of hydrogen-bond donors (Lipinski definition) is 3. The second kappa shape index (κ2) is 11.8. The summed E-state index contributed by atoms with van der Waals surface area (Å²) in [5.74, 6) is 0.806. The largest absolute Gasteiger partial charge is 0.465 e. The number of anilines is 1. The number of imidazole rings is 1. The number of nitrogens with zero attached hydrogens (tertiary/aromatic N) is 4. The number of esters is 1. The molecule has 0 bridgehead atoms. The maximum atomic E-state index is 16.0. The van der Waals surface area contributed by atoms with Crippen LogP contribution in [0.5, 0.6) is 5.75 Å². The molecule has 3 heterocycles. The van der Waals surface area contributed by atoms with Crippen LogP contribution in [0, 0.1) is 6.92 Å². The number of carbonyl (C=O) groups is 1. The Morgan fingerprint density at radius 1 is 1.36 bits per heavy atom. The van der Waals surface area contributed by atoms with Crippen LogP contribution in [0.3, 0.4) is 0 Å². The highest BCUT2D eigenvalue weighted by molar-refractivity contribution is 8.09. The Bertz CT molecular complexity index is 1360. The van der Waals surface area contributed by atoms with Crippen molar-refractivity contribution in [2.75, 3.05) is 25.6 Å².